The highest BCUT2D eigenvalue weighted by molar-refractivity contribution is 5.99. The van der Waals surface area contributed by atoms with Crippen molar-refractivity contribution < 1.29 is 19.1 Å². The number of ketones is 1. The molecule has 124 valence electrons. The van der Waals surface area contributed by atoms with Crippen molar-refractivity contribution in [3.8, 4) is 5.75 Å². The fourth-order valence-corrected chi connectivity index (χ4v) is 2.01. The first-order valence-corrected chi connectivity index (χ1v) is 7.46. The highest BCUT2D eigenvalue weighted by Gasteiger charge is 2.12. The predicted molar refractivity (Wildman–Crippen MR) is 90.1 cm³/mol. The number of carbonyl (C=O) groups is 3. The molecule has 0 bridgehead atoms. The summed E-state index contributed by atoms with van der Waals surface area (Å²) in [5.41, 5.74) is 6.56. The van der Waals surface area contributed by atoms with Crippen LogP contribution >= 0.6 is 0 Å². The summed E-state index contributed by atoms with van der Waals surface area (Å²) in [4.78, 5) is 34.8. The van der Waals surface area contributed by atoms with Crippen LogP contribution in [0.1, 0.15) is 34.1 Å². The van der Waals surface area contributed by atoms with Crippen LogP contribution in [-0.2, 0) is 4.79 Å². The zero-order chi connectivity index (χ0) is 17.5. The first kappa shape index (κ1) is 17.2. The lowest BCUT2D eigenvalue weighted by molar-refractivity contribution is -0.115. The Morgan fingerprint density at radius 2 is 1.71 bits per heavy atom. The highest BCUT2D eigenvalue weighted by Crippen LogP contribution is 2.18. The summed E-state index contributed by atoms with van der Waals surface area (Å²) in [5.74, 6) is -0.692. The van der Waals surface area contributed by atoms with E-state index in [9.17, 15) is 14.4 Å². The van der Waals surface area contributed by atoms with Crippen LogP contribution in [0.3, 0.4) is 0 Å². The van der Waals surface area contributed by atoms with Gasteiger partial charge in [-0.25, -0.2) is 0 Å². The van der Waals surface area contributed by atoms with E-state index in [0.29, 0.717) is 17.7 Å². The van der Waals surface area contributed by atoms with Crippen LogP contribution in [0, 0.1) is 0 Å². The molecule has 2 amide bonds. The number of rotatable bonds is 7. The van der Waals surface area contributed by atoms with E-state index in [4.69, 9.17) is 10.5 Å². The molecule has 0 unspecified atom stereocenters. The lowest BCUT2D eigenvalue weighted by atomic mass is 10.1. The Hall–Kier alpha value is -3.15. The molecule has 0 heterocycles. The molecule has 0 saturated carbocycles. The van der Waals surface area contributed by atoms with Crippen molar-refractivity contribution in [1.82, 2.24) is 0 Å². The number of benzene rings is 2. The molecule has 6 nitrogen and oxygen atoms in total. The van der Waals surface area contributed by atoms with Crippen molar-refractivity contribution in [1.29, 1.82) is 0 Å². The van der Waals surface area contributed by atoms with Crippen LogP contribution in [0.25, 0.3) is 0 Å². The molecule has 6 heteroatoms. The Balaban J connectivity index is 2.00. The second-order valence-corrected chi connectivity index (χ2v) is 5.05. The number of amides is 2. The number of nitrogens with two attached hydrogens (primary N) is 1. The molecule has 24 heavy (non-hydrogen) atoms. The number of ether oxygens (including phenoxy) is 1. The van der Waals surface area contributed by atoms with Gasteiger partial charge in [0.2, 0.25) is 5.91 Å². The second-order valence-electron chi connectivity index (χ2n) is 5.05. The number of Topliss-reactive ketones (excluding diaryl/α,β-unsaturated/α-hetero) is 1. The lowest BCUT2D eigenvalue weighted by Crippen LogP contribution is -2.16. The molecule has 0 atom stereocenters. The standard InChI is InChI=1S/C18H18N2O4/c1-2-17(22)20-13-9-7-12(8-10-13)15(21)11-24-16-6-4-3-5-14(16)18(19)23/h3-10H,2,11H2,1H3,(H2,19,23)(H,20,22). The van der Waals surface area contributed by atoms with Crippen LogP contribution in [0.15, 0.2) is 48.5 Å². The summed E-state index contributed by atoms with van der Waals surface area (Å²) in [6.45, 7) is 1.54. The number of hydrogen-bond donors (Lipinski definition) is 2. The van der Waals surface area contributed by atoms with Crippen molar-refractivity contribution in [2.45, 2.75) is 13.3 Å². The fraction of sp³-hybridized carbons (Fsp3) is 0.167. The van der Waals surface area contributed by atoms with E-state index in [1.54, 1.807) is 49.4 Å². The van der Waals surface area contributed by atoms with E-state index in [-0.39, 0.29) is 29.6 Å². The number of para-hydroxylation sites is 1. The molecule has 2 aromatic carbocycles. The first-order valence-electron chi connectivity index (χ1n) is 7.46. The van der Waals surface area contributed by atoms with Gasteiger partial charge in [0.25, 0.3) is 5.91 Å². The normalized spacial score (nSPS) is 10.0. The molecule has 0 aliphatic rings. The second kappa shape index (κ2) is 7.92. The molecular formula is C18H18N2O4. The summed E-state index contributed by atoms with van der Waals surface area (Å²) >= 11 is 0. The minimum absolute atomic E-state index is 0.0968. The fourth-order valence-electron chi connectivity index (χ4n) is 2.01. The average Bonchev–Trinajstić information content (AvgIpc) is 2.60. The molecule has 0 saturated heterocycles. The topological polar surface area (TPSA) is 98.5 Å². The van der Waals surface area contributed by atoms with E-state index in [0.717, 1.165) is 0 Å². The first-order chi connectivity index (χ1) is 11.5. The number of nitrogens with one attached hydrogen (secondary N) is 1. The maximum Gasteiger partial charge on any atom is 0.252 e. The largest absolute Gasteiger partial charge is 0.485 e. The van der Waals surface area contributed by atoms with Gasteiger partial charge in [-0.05, 0) is 36.4 Å². The Morgan fingerprint density at radius 3 is 2.33 bits per heavy atom. The Kier molecular flexibility index (Phi) is 5.68. The molecule has 0 spiro atoms. The van der Waals surface area contributed by atoms with E-state index in [1.807, 2.05) is 0 Å². The van der Waals surface area contributed by atoms with Gasteiger partial charge in [-0.1, -0.05) is 19.1 Å². The monoisotopic (exact) mass is 326 g/mol. The van der Waals surface area contributed by atoms with Gasteiger partial charge in [-0.3, -0.25) is 14.4 Å². The SMILES string of the molecule is CCC(=O)Nc1ccc(C(=O)COc2ccccc2C(N)=O)cc1. The summed E-state index contributed by atoms with van der Waals surface area (Å²) in [5, 5.41) is 2.70. The Labute approximate surface area is 139 Å². The third-order valence-electron chi connectivity index (χ3n) is 3.32. The van der Waals surface area contributed by atoms with Crippen molar-refractivity contribution in [2.24, 2.45) is 5.73 Å². The van der Waals surface area contributed by atoms with Gasteiger partial charge >= 0.3 is 0 Å². The van der Waals surface area contributed by atoms with Crippen molar-refractivity contribution in [3.05, 3.63) is 59.7 Å². The molecule has 0 aliphatic heterocycles. The zero-order valence-corrected chi connectivity index (χ0v) is 13.2. The number of primary amides is 1. The zero-order valence-electron chi connectivity index (χ0n) is 13.2. The van der Waals surface area contributed by atoms with E-state index >= 15 is 0 Å². The third-order valence-corrected chi connectivity index (χ3v) is 3.32. The van der Waals surface area contributed by atoms with Gasteiger partial charge in [0, 0.05) is 17.7 Å². The average molecular weight is 326 g/mol. The van der Waals surface area contributed by atoms with Crippen LogP contribution in [-0.4, -0.2) is 24.2 Å². The quantitative estimate of drug-likeness (QED) is 0.763. The Morgan fingerprint density at radius 1 is 1.04 bits per heavy atom. The third kappa shape index (κ3) is 4.42. The van der Waals surface area contributed by atoms with Crippen molar-refractivity contribution in [3.63, 3.8) is 0 Å². The number of hydrogen-bond acceptors (Lipinski definition) is 4. The van der Waals surface area contributed by atoms with Crippen LogP contribution in [0.4, 0.5) is 5.69 Å². The summed E-state index contributed by atoms with van der Waals surface area (Å²) < 4.78 is 5.41. The lowest BCUT2D eigenvalue weighted by Gasteiger charge is -2.09. The maximum atomic E-state index is 12.2. The van der Waals surface area contributed by atoms with Crippen LogP contribution in [0.2, 0.25) is 0 Å². The molecule has 2 aromatic rings. The number of carbonyl (C=O) groups excluding carboxylic acids is 3. The summed E-state index contributed by atoms with van der Waals surface area (Å²) in [7, 11) is 0. The molecule has 0 aliphatic carbocycles. The van der Waals surface area contributed by atoms with Crippen molar-refractivity contribution >= 4 is 23.3 Å². The van der Waals surface area contributed by atoms with Gasteiger partial charge in [0.05, 0.1) is 5.56 Å². The summed E-state index contributed by atoms with van der Waals surface area (Å²) in [6.07, 6.45) is 0.383. The van der Waals surface area contributed by atoms with E-state index in [1.165, 1.54) is 6.07 Å². The molecule has 0 fully saturated rings. The smallest absolute Gasteiger partial charge is 0.252 e. The molecular weight excluding hydrogens is 308 g/mol. The predicted octanol–water partition coefficient (Wildman–Crippen LogP) is 2.40. The molecule has 2 rings (SSSR count). The van der Waals surface area contributed by atoms with Gasteiger partial charge in [0.15, 0.2) is 12.4 Å². The molecule has 3 N–H and O–H groups in total. The van der Waals surface area contributed by atoms with E-state index in [2.05, 4.69) is 5.32 Å². The van der Waals surface area contributed by atoms with Crippen LogP contribution in [0.5, 0.6) is 5.75 Å². The summed E-state index contributed by atoms with van der Waals surface area (Å²) in [6, 6.07) is 13.0. The van der Waals surface area contributed by atoms with E-state index < -0.39 is 5.91 Å². The van der Waals surface area contributed by atoms with Gasteiger partial charge in [-0.15, -0.1) is 0 Å². The van der Waals surface area contributed by atoms with Gasteiger partial charge in [0.1, 0.15) is 5.75 Å². The molecule has 0 aromatic heterocycles. The Bertz CT molecular complexity index is 754. The minimum Gasteiger partial charge on any atom is -0.485 e. The minimum atomic E-state index is -0.617. The van der Waals surface area contributed by atoms with Crippen LogP contribution < -0.4 is 15.8 Å². The van der Waals surface area contributed by atoms with Crippen molar-refractivity contribution in [2.75, 3.05) is 11.9 Å². The van der Waals surface area contributed by atoms with Gasteiger partial charge in [-0.2, -0.15) is 0 Å². The highest BCUT2D eigenvalue weighted by atomic mass is 16.5. The molecule has 0 radical (unpaired) electrons. The van der Waals surface area contributed by atoms with Gasteiger partial charge < -0.3 is 15.8 Å². The maximum absolute atomic E-state index is 12.2. The number of anilines is 1.